The highest BCUT2D eigenvalue weighted by molar-refractivity contribution is 7.91. The zero-order valence-corrected chi connectivity index (χ0v) is 18.2. The molecule has 2 aromatic carbocycles. The smallest absolute Gasteiger partial charge is 0.244 e. The van der Waals surface area contributed by atoms with Crippen molar-refractivity contribution in [3.8, 4) is 0 Å². The van der Waals surface area contributed by atoms with Crippen molar-refractivity contribution in [3.63, 3.8) is 0 Å². The summed E-state index contributed by atoms with van der Waals surface area (Å²) in [6.07, 6.45) is 0. The van der Waals surface area contributed by atoms with Crippen LogP contribution in [0.1, 0.15) is 17.2 Å². The molecule has 0 saturated carbocycles. The van der Waals surface area contributed by atoms with Crippen molar-refractivity contribution in [2.75, 3.05) is 55.7 Å². The Kier molecular flexibility index (Phi) is 6.11. The van der Waals surface area contributed by atoms with Crippen molar-refractivity contribution in [3.05, 3.63) is 65.7 Å². The molecule has 7 heteroatoms. The molecule has 30 heavy (non-hydrogen) atoms. The standard InChI is InChI=1S/C23H29N3O3S/c1-19-6-5-9-21(18-19)24-10-12-26(13-11-24)23(27)22(20-7-3-2-4-8-20)25-14-16-30(28,29)17-15-25/h2-9,18,22H,10-17H2,1H3. The molecule has 2 saturated heterocycles. The number of amides is 1. The Hall–Kier alpha value is -2.38. The summed E-state index contributed by atoms with van der Waals surface area (Å²) < 4.78 is 23.8. The lowest BCUT2D eigenvalue weighted by molar-refractivity contribution is -0.137. The van der Waals surface area contributed by atoms with Crippen LogP contribution in [-0.2, 0) is 14.6 Å². The normalized spacial score (nSPS) is 20.7. The van der Waals surface area contributed by atoms with Crippen LogP contribution in [0.25, 0.3) is 0 Å². The van der Waals surface area contributed by atoms with E-state index in [1.165, 1.54) is 11.3 Å². The summed E-state index contributed by atoms with van der Waals surface area (Å²) in [6, 6.07) is 17.8. The molecule has 4 rings (SSSR count). The second-order valence-corrected chi connectivity index (χ2v) is 10.5. The van der Waals surface area contributed by atoms with Crippen LogP contribution < -0.4 is 4.90 Å². The SMILES string of the molecule is Cc1cccc(N2CCN(C(=O)C(c3ccccc3)N3CCS(=O)(=O)CC3)CC2)c1. The van der Waals surface area contributed by atoms with Crippen LogP contribution in [0.2, 0.25) is 0 Å². The molecule has 0 spiro atoms. The predicted molar refractivity (Wildman–Crippen MR) is 119 cm³/mol. The van der Waals surface area contributed by atoms with Gasteiger partial charge in [-0.25, -0.2) is 8.42 Å². The summed E-state index contributed by atoms with van der Waals surface area (Å²) in [5.41, 5.74) is 3.36. The molecule has 1 unspecified atom stereocenters. The number of rotatable bonds is 4. The van der Waals surface area contributed by atoms with Crippen LogP contribution in [0.3, 0.4) is 0 Å². The molecule has 0 radical (unpaired) electrons. The Morgan fingerprint density at radius 3 is 2.17 bits per heavy atom. The molecule has 2 aliphatic heterocycles. The number of anilines is 1. The van der Waals surface area contributed by atoms with Crippen molar-refractivity contribution in [2.24, 2.45) is 0 Å². The number of aryl methyl sites for hydroxylation is 1. The zero-order valence-electron chi connectivity index (χ0n) is 17.4. The van der Waals surface area contributed by atoms with Gasteiger partial charge in [0.15, 0.2) is 9.84 Å². The summed E-state index contributed by atoms with van der Waals surface area (Å²) in [5, 5.41) is 0. The third kappa shape index (κ3) is 4.68. The molecule has 2 aliphatic rings. The Balaban J connectivity index is 1.48. The number of sulfone groups is 1. The van der Waals surface area contributed by atoms with Crippen LogP contribution in [0.5, 0.6) is 0 Å². The van der Waals surface area contributed by atoms with E-state index in [-0.39, 0.29) is 17.4 Å². The number of nitrogens with zero attached hydrogens (tertiary/aromatic N) is 3. The van der Waals surface area contributed by atoms with Crippen molar-refractivity contribution < 1.29 is 13.2 Å². The maximum atomic E-state index is 13.6. The molecule has 0 aromatic heterocycles. The molecular formula is C23H29N3O3S. The van der Waals surface area contributed by atoms with E-state index in [0.29, 0.717) is 26.2 Å². The van der Waals surface area contributed by atoms with Crippen molar-refractivity contribution in [2.45, 2.75) is 13.0 Å². The second kappa shape index (κ2) is 8.78. The summed E-state index contributed by atoms with van der Waals surface area (Å²) in [5.74, 6) is 0.305. The lowest BCUT2D eigenvalue weighted by atomic mass is 10.0. The second-order valence-electron chi connectivity index (χ2n) is 8.15. The molecule has 0 bridgehead atoms. The molecule has 2 aromatic rings. The third-order valence-electron chi connectivity index (χ3n) is 6.05. The largest absolute Gasteiger partial charge is 0.368 e. The van der Waals surface area contributed by atoms with Crippen LogP contribution in [0.4, 0.5) is 5.69 Å². The maximum absolute atomic E-state index is 13.6. The van der Waals surface area contributed by atoms with Gasteiger partial charge >= 0.3 is 0 Å². The summed E-state index contributed by atoms with van der Waals surface area (Å²) >= 11 is 0. The van der Waals surface area contributed by atoms with Gasteiger partial charge in [-0.05, 0) is 30.2 Å². The number of benzene rings is 2. The van der Waals surface area contributed by atoms with Gasteiger partial charge in [-0.3, -0.25) is 9.69 Å². The van der Waals surface area contributed by atoms with Gasteiger partial charge in [0.1, 0.15) is 6.04 Å². The highest BCUT2D eigenvalue weighted by Gasteiger charge is 2.35. The van der Waals surface area contributed by atoms with Gasteiger partial charge in [0.2, 0.25) is 5.91 Å². The van der Waals surface area contributed by atoms with Crippen LogP contribution in [-0.4, -0.2) is 74.9 Å². The lowest BCUT2D eigenvalue weighted by Gasteiger charge is -2.41. The van der Waals surface area contributed by atoms with Crippen LogP contribution in [0.15, 0.2) is 54.6 Å². The predicted octanol–water partition coefficient (Wildman–Crippen LogP) is 2.12. The fourth-order valence-electron chi connectivity index (χ4n) is 4.31. The molecule has 6 nitrogen and oxygen atoms in total. The quantitative estimate of drug-likeness (QED) is 0.748. The number of carbonyl (C=O) groups excluding carboxylic acids is 1. The molecule has 160 valence electrons. The molecule has 1 atom stereocenters. The van der Waals surface area contributed by atoms with Gasteiger partial charge in [0, 0.05) is 45.0 Å². The number of hydrogen-bond acceptors (Lipinski definition) is 5. The van der Waals surface area contributed by atoms with Crippen molar-refractivity contribution in [1.29, 1.82) is 0 Å². The fourth-order valence-corrected chi connectivity index (χ4v) is 5.54. The van der Waals surface area contributed by atoms with Gasteiger partial charge in [-0.1, -0.05) is 42.5 Å². The number of hydrogen-bond donors (Lipinski definition) is 0. The van der Waals surface area contributed by atoms with Gasteiger partial charge in [-0.15, -0.1) is 0 Å². The van der Waals surface area contributed by atoms with E-state index >= 15 is 0 Å². The van der Waals surface area contributed by atoms with Crippen LogP contribution >= 0.6 is 0 Å². The summed E-state index contributed by atoms with van der Waals surface area (Å²) in [4.78, 5) is 19.9. The minimum Gasteiger partial charge on any atom is -0.368 e. The Morgan fingerprint density at radius 1 is 0.867 bits per heavy atom. The molecule has 0 aliphatic carbocycles. The van der Waals surface area contributed by atoms with E-state index in [1.807, 2.05) is 40.1 Å². The van der Waals surface area contributed by atoms with Gasteiger partial charge in [0.25, 0.3) is 0 Å². The number of carbonyl (C=O) groups is 1. The van der Waals surface area contributed by atoms with E-state index < -0.39 is 15.9 Å². The molecular weight excluding hydrogens is 398 g/mol. The van der Waals surface area contributed by atoms with E-state index in [2.05, 4.69) is 36.1 Å². The van der Waals surface area contributed by atoms with Crippen LogP contribution in [0, 0.1) is 6.92 Å². The molecule has 0 N–H and O–H groups in total. The Labute approximate surface area is 179 Å². The van der Waals surface area contributed by atoms with E-state index in [4.69, 9.17) is 0 Å². The average molecular weight is 428 g/mol. The first-order valence-electron chi connectivity index (χ1n) is 10.5. The molecule has 2 fully saturated rings. The minimum absolute atomic E-state index is 0.0735. The van der Waals surface area contributed by atoms with Crippen molar-refractivity contribution >= 4 is 21.4 Å². The topological polar surface area (TPSA) is 60.9 Å². The number of piperazine rings is 1. The zero-order chi connectivity index (χ0) is 21.1. The highest BCUT2D eigenvalue weighted by atomic mass is 32.2. The van der Waals surface area contributed by atoms with E-state index in [1.54, 1.807) is 0 Å². The summed E-state index contributed by atoms with van der Waals surface area (Å²) in [6.45, 7) is 5.82. The Morgan fingerprint density at radius 2 is 1.53 bits per heavy atom. The Bertz CT molecular complexity index is 972. The summed E-state index contributed by atoms with van der Waals surface area (Å²) in [7, 11) is -3.00. The van der Waals surface area contributed by atoms with Gasteiger partial charge in [0.05, 0.1) is 11.5 Å². The third-order valence-corrected chi connectivity index (χ3v) is 7.66. The first-order valence-corrected chi connectivity index (χ1v) is 12.3. The first-order chi connectivity index (χ1) is 14.4. The minimum atomic E-state index is -3.00. The van der Waals surface area contributed by atoms with Gasteiger partial charge in [-0.2, -0.15) is 0 Å². The molecule has 1 amide bonds. The van der Waals surface area contributed by atoms with Gasteiger partial charge < -0.3 is 9.80 Å². The maximum Gasteiger partial charge on any atom is 0.244 e. The first kappa shape index (κ1) is 20.9. The fraction of sp³-hybridized carbons (Fsp3) is 0.435. The average Bonchev–Trinajstić information content (AvgIpc) is 2.76. The van der Waals surface area contributed by atoms with E-state index in [9.17, 15) is 13.2 Å². The van der Waals surface area contributed by atoms with E-state index in [0.717, 1.165) is 18.7 Å². The van der Waals surface area contributed by atoms with Crippen molar-refractivity contribution in [1.82, 2.24) is 9.80 Å². The highest BCUT2D eigenvalue weighted by Crippen LogP contribution is 2.26. The lowest BCUT2D eigenvalue weighted by Crippen LogP contribution is -2.54. The molecule has 2 heterocycles. The monoisotopic (exact) mass is 427 g/mol.